The minimum absolute atomic E-state index is 0.0363. The van der Waals surface area contributed by atoms with Gasteiger partial charge in [-0.3, -0.25) is 0 Å². The normalized spacial score (nSPS) is 9.93. The lowest BCUT2D eigenvalue weighted by molar-refractivity contribution is 0.498. The molecule has 1 aromatic heterocycles. The summed E-state index contributed by atoms with van der Waals surface area (Å²) >= 11 is 0. The molecule has 1 aromatic rings. The molecule has 0 aromatic carbocycles. The van der Waals surface area contributed by atoms with E-state index in [2.05, 4.69) is 16.6 Å². The van der Waals surface area contributed by atoms with Gasteiger partial charge < -0.3 is 4.42 Å². The molecule has 5 nitrogen and oxygen atoms in total. The molecule has 0 aliphatic rings. The molecule has 0 aliphatic carbocycles. The predicted molar refractivity (Wildman–Crippen MR) is 57.8 cm³/mol. The van der Waals surface area contributed by atoms with E-state index in [0.29, 0.717) is 5.76 Å². The summed E-state index contributed by atoms with van der Waals surface area (Å²) in [6.45, 7) is 5.25. The van der Waals surface area contributed by atoms with E-state index in [0.717, 1.165) is 5.56 Å². The Balaban J connectivity index is 3.31. The van der Waals surface area contributed by atoms with E-state index in [1.807, 2.05) is 0 Å². The zero-order chi connectivity index (χ0) is 11.3. The van der Waals surface area contributed by atoms with Crippen LogP contribution in [0, 0.1) is 6.92 Å². The highest BCUT2D eigenvalue weighted by Gasteiger charge is 2.03. The zero-order valence-electron chi connectivity index (χ0n) is 8.17. The van der Waals surface area contributed by atoms with Gasteiger partial charge in [0.2, 0.25) is 0 Å². The highest BCUT2D eigenvalue weighted by Crippen LogP contribution is 2.14. The monoisotopic (exact) mass is 203 g/mol. The van der Waals surface area contributed by atoms with Crippen molar-refractivity contribution in [3.05, 3.63) is 57.0 Å². The summed E-state index contributed by atoms with van der Waals surface area (Å²) in [5.41, 5.74) is 8.23. The van der Waals surface area contributed by atoms with Crippen molar-refractivity contribution in [1.82, 2.24) is 0 Å². The van der Waals surface area contributed by atoms with E-state index in [1.54, 1.807) is 25.2 Å². The first-order valence-electron chi connectivity index (χ1n) is 4.18. The van der Waals surface area contributed by atoms with E-state index in [-0.39, 0.29) is 5.69 Å². The van der Waals surface area contributed by atoms with E-state index in [1.165, 1.54) is 6.07 Å². The molecular formula is C10H9N3O2. The largest absolute Gasteiger partial charge is 0.423 e. The molecule has 0 saturated carbocycles. The lowest BCUT2D eigenvalue weighted by Crippen LogP contribution is -1.99. The number of hydrogen-bond donors (Lipinski definition) is 0. The van der Waals surface area contributed by atoms with Crippen LogP contribution in [0.25, 0.3) is 16.5 Å². The molecule has 1 heterocycles. The maximum absolute atomic E-state index is 11.3. The second-order valence-corrected chi connectivity index (χ2v) is 2.75. The van der Waals surface area contributed by atoms with E-state index in [9.17, 15) is 4.79 Å². The van der Waals surface area contributed by atoms with Gasteiger partial charge in [-0.2, -0.15) is 0 Å². The second kappa shape index (κ2) is 4.83. The highest BCUT2D eigenvalue weighted by atomic mass is 16.4. The zero-order valence-corrected chi connectivity index (χ0v) is 8.17. The second-order valence-electron chi connectivity index (χ2n) is 2.75. The Labute approximate surface area is 86.0 Å². The summed E-state index contributed by atoms with van der Waals surface area (Å²) in [7, 11) is 0. The summed E-state index contributed by atoms with van der Waals surface area (Å²) in [5.74, 6) is 0.428. The number of allylic oxidation sites excluding steroid dienone is 2. The number of hydrogen-bond acceptors (Lipinski definition) is 3. The number of aryl methyl sites for hydroxylation is 1. The number of nitrogens with zero attached hydrogens (tertiary/aromatic N) is 3. The summed E-state index contributed by atoms with van der Waals surface area (Å²) in [6.07, 6.45) is 4.84. The molecule has 1 rings (SSSR count). The van der Waals surface area contributed by atoms with Gasteiger partial charge in [0.1, 0.15) is 11.4 Å². The van der Waals surface area contributed by atoms with Crippen LogP contribution >= 0.6 is 0 Å². The van der Waals surface area contributed by atoms with Gasteiger partial charge in [0.05, 0.1) is 0 Å². The molecule has 0 unspecified atom stereocenters. The van der Waals surface area contributed by atoms with Crippen molar-refractivity contribution < 1.29 is 4.42 Å². The standard InChI is InChI=1S/C10H9N3O2/c1-3-4-5-9-7(2)6-8(12-13-11)10(14)15-9/h3-6H,1H2,2H3/b5-4-. The van der Waals surface area contributed by atoms with Crippen molar-refractivity contribution in [2.75, 3.05) is 0 Å². The van der Waals surface area contributed by atoms with Gasteiger partial charge in [-0.05, 0) is 30.2 Å². The average molecular weight is 203 g/mol. The van der Waals surface area contributed by atoms with Crippen LogP contribution in [0.2, 0.25) is 0 Å². The molecule has 0 amide bonds. The molecule has 0 spiro atoms. The van der Waals surface area contributed by atoms with Crippen LogP contribution in [-0.4, -0.2) is 0 Å². The molecule has 0 N–H and O–H groups in total. The Morgan fingerprint density at radius 2 is 2.40 bits per heavy atom. The van der Waals surface area contributed by atoms with Gasteiger partial charge in [0.15, 0.2) is 0 Å². The van der Waals surface area contributed by atoms with Crippen molar-refractivity contribution >= 4 is 11.8 Å². The van der Waals surface area contributed by atoms with Crippen molar-refractivity contribution in [2.24, 2.45) is 5.11 Å². The van der Waals surface area contributed by atoms with Gasteiger partial charge >= 0.3 is 5.63 Å². The lowest BCUT2D eigenvalue weighted by atomic mass is 10.2. The fourth-order valence-electron chi connectivity index (χ4n) is 1.01. The van der Waals surface area contributed by atoms with Crippen LogP contribution in [0.1, 0.15) is 11.3 Å². The molecule has 0 saturated heterocycles. The Morgan fingerprint density at radius 1 is 1.67 bits per heavy atom. The minimum Gasteiger partial charge on any atom is -0.423 e. The van der Waals surface area contributed by atoms with Crippen LogP contribution in [0.15, 0.2) is 39.1 Å². The molecule has 0 radical (unpaired) electrons. The summed E-state index contributed by atoms with van der Waals surface area (Å²) < 4.78 is 4.94. The van der Waals surface area contributed by atoms with E-state index >= 15 is 0 Å². The van der Waals surface area contributed by atoms with E-state index in [4.69, 9.17) is 9.95 Å². The van der Waals surface area contributed by atoms with Gasteiger partial charge in [0.25, 0.3) is 0 Å². The Bertz CT molecular complexity index is 508. The number of rotatable bonds is 3. The molecule has 5 heteroatoms. The Hall–Kier alpha value is -2.26. The minimum atomic E-state index is -0.651. The van der Waals surface area contributed by atoms with Crippen LogP contribution < -0.4 is 5.63 Å². The van der Waals surface area contributed by atoms with Gasteiger partial charge in [-0.25, -0.2) is 4.79 Å². The fourth-order valence-corrected chi connectivity index (χ4v) is 1.01. The molecule has 0 fully saturated rings. The Morgan fingerprint density at radius 3 is 3.00 bits per heavy atom. The molecule has 0 bridgehead atoms. The summed E-state index contributed by atoms with van der Waals surface area (Å²) in [4.78, 5) is 13.8. The summed E-state index contributed by atoms with van der Waals surface area (Å²) in [6, 6.07) is 1.48. The van der Waals surface area contributed by atoms with Crippen LogP contribution in [0.5, 0.6) is 0 Å². The first-order chi connectivity index (χ1) is 7.19. The third-order valence-electron chi connectivity index (χ3n) is 1.69. The maximum atomic E-state index is 11.3. The number of azide groups is 1. The topological polar surface area (TPSA) is 79.0 Å². The molecular weight excluding hydrogens is 194 g/mol. The molecule has 76 valence electrons. The molecule has 15 heavy (non-hydrogen) atoms. The average Bonchev–Trinajstić information content (AvgIpc) is 2.21. The van der Waals surface area contributed by atoms with Gasteiger partial charge in [-0.15, -0.1) is 0 Å². The quantitative estimate of drug-likeness (QED) is 0.327. The fraction of sp³-hybridized carbons (Fsp3) is 0.100. The van der Waals surface area contributed by atoms with Gasteiger partial charge in [-0.1, -0.05) is 23.8 Å². The third kappa shape index (κ3) is 2.59. The van der Waals surface area contributed by atoms with Crippen molar-refractivity contribution in [3.8, 4) is 0 Å². The maximum Gasteiger partial charge on any atom is 0.345 e. The SMILES string of the molecule is C=C/C=C\c1oc(=O)c(N=[N+]=[N-])cc1C. The lowest BCUT2D eigenvalue weighted by Gasteiger charge is -1.98. The predicted octanol–water partition coefficient (Wildman–Crippen LogP) is 3.09. The van der Waals surface area contributed by atoms with Crippen molar-refractivity contribution in [1.29, 1.82) is 0 Å². The Kier molecular flexibility index (Phi) is 3.49. The third-order valence-corrected chi connectivity index (χ3v) is 1.69. The van der Waals surface area contributed by atoms with Crippen LogP contribution in [0.3, 0.4) is 0 Å². The van der Waals surface area contributed by atoms with Gasteiger partial charge in [0, 0.05) is 4.91 Å². The first-order valence-corrected chi connectivity index (χ1v) is 4.18. The smallest absolute Gasteiger partial charge is 0.345 e. The summed E-state index contributed by atoms with van der Waals surface area (Å²) in [5, 5.41) is 3.22. The highest BCUT2D eigenvalue weighted by molar-refractivity contribution is 5.51. The molecule has 0 aliphatic heterocycles. The van der Waals surface area contributed by atoms with E-state index < -0.39 is 5.63 Å². The first kappa shape index (κ1) is 10.8. The van der Waals surface area contributed by atoms with Crippen LogP contribution in [0.4, 0.5) is 5.69 Å². The van der Waals surface area contributed by atoms with Crippen molar-refractivity contribution in [2.45, 2.75) is 6.92 Å². The molecule has 0 atom stereocenters. The van der Waals surface area contributed by atoms with Crippen molar-refractivity contribution in [3.63, 3.8) is 0 Å². The van der Waals surface area contributed by atoms with Crippen LogP contribution in [-0.2, 0) is 0 Å².